The lowest BCUT2D eigenvalue weighted by molar-refractivity contribution is -0.227. The van der Waals surface area contributed by atoms with Crippen molar-refractivity contribution in [1.82, 2.24) is 10.0 Å². The molecule has 6 heteroatoms. The Morgan fingerprint density at radius 2 is 2.14 bits per heavy atom. The van der Waals surface area contributed by atoms with Crippen LogP contribution in [0.5, 0.6) is 0 Å². The topological polar surface area (TPSA) is 42.4 Å². The molecular formula is C15H20N2O2S2. The van der Waals surface area contributed by atoms with Crippen molar-refractivity contribution in [3.63, 3.8) is 0 Å². The molecule has 4 nitrogen and oxygen atoms in total. The Morgan fingerprint density at radius 3 is 2.76 bits per heavy atom. The van der Waals surface area contributed by atoms with Gasteiger partial charge in [0.05, 0.1) is 21.9 Å². The summed E-state index contributed by atoms with van der Waals surface area (Å²) in [6.07, 6.45) is 0.745. The van der Waals surface area contributed by atoms with E-state index in [1.54, 1.807) is 23.1 Å². The van der Waals surface area contributed by atoms with Gasteiger partial charge in [-0.3, -0.25) is 9.63 Å². The number of fused-ring (bicyclic) bond motifs is 1. The van der Waals surface area contributed by atoms with Gasteiger partial charge in [0.2, 0.25) is 6.41 Å². The highest BCUT2D eigenvalue weighted by molar-refractivity contribution is 8.01. The monoisotopic (exact) mass is 324 g/mol. The molecule has 0 aliphatic carbocycles. The van der Waals surface area contributed by atoms with Gasteiger partial charge in [-0.25, -0.2) is 10.0 Å². The molecule has 0 N–H and O–H groups in total. The number of para-hydroxylation sites is 1. The highest BCUT2D eigenvalue weighted by Crippen LogP contribution is 2.30. The first-order valence-corrected chi connectivity index (χ1v) is 8.60. The second-order valence-corrected chi connectivity index (χ2v) is 8.07. The third kappa shape index (κ3) is 4.69. The van der Waals surface area contributed by atoms with Crippen molar-refractivity contribution >= 4 is 39.7 Å². The van der Waals surface area contributed by atoms with E-state index in [-0.39, 0.29) is 11.6 Å². The standard InChI is InChI=1S/C15H20N2O2S2/c1-11(17(10-18)19-15(2,3)4)9-20-14-16-12-7-5-6-8-13(12)21-14/h5-8,10-11H,9H2,1-4H3/t11-/m1/s1. The van der Waals surface area contributed by atoms with Crippen molar-refractivity contribution in [1.29, 1.82) is 0 Å². The first-order valence-electron chi connectivity index (χ1n) is 6.80. The molecule has 1 atom stereocenters. The zero-order valence-electron chi connectivity index (χ0n) is 12.7. The Morgan fingerprint density at radius 1 is 1.43 bits per heavy atom. The van der Waals surface area contributed by atoms with Crippen LogP contribution in [0.2, 0.25) is 0 Å². The normalized spacial score (nSPS) is 13.3. The molecular weight excluding hydrogens is 304 g/mol. The molecule has 1 aromatic heterocycles. The fourth-order valence-electron chi connectivity index (χ4n) is 1.71. The highest BCUT2D eigenvalue weighted by Gasteiger charge is 2.21. The molecule has 1 aromatic carbocycles. The molecule has 2 aromatic rings. The van der Waals surface area contributed by atoms with E-state index >= 15 is 0 Å². The maximum atomic E-state index is 11.2. The summed E-state index contributed by atoms with van der Waals surface area (Å²) >= 11 is 3.33. The number of nitrogens with zero attached hydrogens (tertiary/aromatic N) is 2. The fourth-order valence-corrected chi connectivity index (χ4v) is 3.81. The van der Waals surface area contributed by atoms with Crippen LogP contribution in [0, 0.1) is 0 Å². The zero-order valence-corrected chi connectivity index (χ0v) is 14.3. The quantitative estimate of drug-likeness (QED) is 0.458. The van der Waals surface area contributed by atoms with E-state index in [0.29, 0.717) is 0 Å². The molecule has 2 rings (SSSR count). The summed E-state index contributed by atoms with van der Waals surface area (Å²) < 4.78 is 2.20. The van der Waals surface area contributed by atoms with E-state index in [4.69, 9.17) is 4.84 Å². The molecule has 1 heterocycles. The summed E-state index contributed by atoms with van der Waals surface area (Å²) in [5.74, 6) is 0.745. The molecule has 0 fully saturated rings. The lowest BCUT2D eigenvalue weighted by atomic mass is 10.2. The van der Waals surface area contributed by atoms with Crippen LogP contribution in [0.3, 0.4) is 0 Å². The maximum Gasteiger partial charge on any atom is 0.233 e. The Balaban J connectivity index is 1.96. The second-order valence-electron chi connectivity index (χ2n) is 5.78. The minimum atomic E-state index is -0.379. The average molecular weight is 324 g/mol. The van der Waals surface area contributed by atoms with E-state index in [0.717, 1.165) is 22.0 Å². The third-order valence-electron chi connectivity index (χ3n) is 2.64. The number of aromatic nitrogens is 1. The van der Waals surface area contributed by atoms with Crippen molar-refractivity contribution in [2.24, 2.45) is 0 Å². The number of carbonyl (C=O) groups is 1. The van der Waals surface area contributed by atoms with E-state index in [9.17, 15) is 4.79 Å². The van der Waals surface area contributed by atoms with Crippen LogP contribution in [0.1, 0.15) is 27.7 Å². The van der Waals surface area contributed by atoms with Crippen LogP contribution in [0.15, 0.2) is 28.6 Å². The number of hydroxylamine groups is 2. The molecule has 0 aliphatic rings. The Hall–Kier alpha value is -1.11. The Kier molecular flexibility index (Phi) is 5.24. The van der Waals surface area contributed by atoms with E-state index in [2.05, 4.69) is 11.1 Å². The van der Waals surface area contributed by atoms with Crippen molar-refractivity contribution in [3.8, 4) is 0 Å². The van der Waals surface area contributed by atoms with Crippen LogP contribution in [-0.2, 0) is 9.63 Å². The summed E-state index contributed by atoms with van der Waals surface area (Å²) in [5, 5.41) is 1.39. The zero-order chi connectivity index (χ0) is 15.5. The van der Waals surface area contributed by atoms with Crippen molar-refractivity contribution in [2.75, 3.05) is 5.75 Å². The molecule has 21 heavy (non-hydrogen) atoms. The van der Waals surface area contributed by atoms with E-state index in [1.165, 1.54) is 9.76 Å². The predicted molar refractivity (Wildman–Crippen MR) is 88.5 cm³/mol. The van der Waals surface area contributed by atoms with Crippen LogP contribution in [0.4, 0.5) is 0 Å². The number of rotatable bonds is 6. The van der Waals surface area contributed by atoms with E-state index < -0.39 is 0 Å². The molecule has 0 spiro atoms. The number of thioether (sulfide) groups is 1. The highest BCUT2D eigenvalue weighted by atomic mass is 32.2. The Labute approximate surface area is 133 Å². The smallest absolute Gasteiger partial charge is 0.233 e. The van der Waals surface area contributed by atoms with Gasteiger partial charge in [-0.05, 0) is 39.8 Å². The molecule has 1 amide bonds. The number of amides is 1. The maximum absolute atomic E-state index is 11.2. The van der Waals surface area contributed by atoms with Gasteiger partial charge in [0, 0.05) is 5.75 Å². The van der Waals surface area contributed by atoms with Crippen LogP contribution >= 0.6 is 23.1 Å². The van der Waals surface area contributed by atoms with Gasteiger partial charge in [0.1, 0.15) is 0 Å². The molecule has 0 saturated heterocycles. The molecule has 0 unspecified atom stereocenters. The largest absolute Gasteiger partial charge is 0.276 e. The van der Waals surface area contributed by atoms with E-state index in [1.807, 2.05) is 45.9 Å². The summed E-state index contributed by atoms with van der Waals surface area (Å²) in [4.78, 5) is 21.4. The van der Waals surface area contributed by atoms with Gasteiger partial charge < -0.3 is 0 Å². The fraction of sp³-hybridized carbons (Fsp3) is 0.467. The molecule has 114 valence electrons. The van der Waals surface area contributed by atoms with Crippen molar-refractivity contribution < 1.29 is 9.63 Å². The summed E-state index contributed by atoms with van der Waals surface area (Å²) in [7, 11) is 0. The van der Waals surface area contributed by atoms with Crippen LogP contribution in [0.25, 0.3) is 10.2 Å². The van der Waals surface area contributed by atoms with Gasteiger partial charge >= 0.3 is 0 Å². The lowest BCUT2D eigenvalue weighted by Crippen LogP contribution is -2.40. The van der Waals surface area contributed by atoms with Gasteiger partial charge in [-0.2, -0.15) is 0 Å². The number of hydrogen-bond acceptors (Lipinski definition) is 5. The third-order valence-corrected chi connectivity index (χ3v) is 5.06. The molecule has 0 aliphatic heterocycles. The van der Waals surface area contributed by atoms with Crippen LogP contribution < -0.4 is 0 Å². The number of hydrogen-bond donors (Lipinski definition) is 0. The first kappa shape index (κ1) is 16.3. The summed E-state index contributed by atoms with van der Waals surface area (Å²) in [5.41, 5.74) is 0.645. The lowest BCUT2D eigenvalue weighted by Gasteiger charge is -2.30. The first-order chi connectivity index (χ1) is 9.89. The van der Waals surface area contributed by atoms with Crippen LogP contribution in [-0.4, -0.2) is 33.9 Å². The minimum Gasteiger partial charge on any atom is -0.276 e. The van der Waals surface area contributed by atoms with Gasteiger partial charge in [-0.1, -0.05) is 23.9 Å². The Bertz CT molecular complexity index is 574. The number of thiazole rings is 1. The summed E-state index contributed by atoms with van der Waals surface area (Å²) in [6.45, 7) is 7.76. The summed E-state index contributed by atoms with van der Waals surface area (Å²) in [6, 6.07) is 8.08. The average Bonchev–Trinajstić information content (AvgIpc) is 2.84. The SMILES string of the molecule is C[C@H](CSc1nc2ccccc2s1)N(C=O)OC(C)(C)C. The molecule has 0 radical (unpaired) electrons. The molecule has 0 saturated carbocycles. The van der Waals surface area contributed by atoms with Gasteiger partial charge in [0.25, 0.3) is 0 Å². The number of benzene rings is 1. The van der Waals surface area contributed by atoms with Gasteiger partial charge in [-0.15, -0.1) is 11.3 Å². The van der Waals surface area contributed by atoms with Crippen molar-refractivity contribution in [3.05, 3.63) is 24.3 Å². The number of carbonyl (C=O) groups excluding carboxylic acids is 1. The van der Waals surface area contributed by atoms with Crippen molar-refractivity contribution in [2.45, 2.75) is 43.7 Å². The minimum absolute atomic E-state index is 0.0151. The predicted octanol–water partition coefficient (Wildman–Crippen LogP) is 3.97. The molecule has 0 bridgehead atoms. The second kappa shape index (κ2) is 6.77. The van der Waals surface area contributed by atoms with Gasteiger partial charge in [0.15, 0.2) is 4.34 Å².